The lowest BCUT2D eigenvalue weighted by Crippen LogP contribution is -2.03. The second-order valence-corrected chi connectivity index (χ2v) is 5.63. The van der Waals surface area contributed by atoms with Crippen LogP contribution >= 0.6 is 0 Å². The molecule has 3 rings (SSSR count). The summed E-state index contributed by atoms with van der Waals surface area (Å²) < 4.78 is 0. The monoisotopic (exact) mass is 276 g/mol. The summed E-state index contributed by atoms with van der Waals surface area (Å²) in [5, 5.41) is 4.74. The molecule has 106 valence electrons. The quantitative estimate of drug-likeness (QED) is 0.727. The van der Waals surface area contributed by atoms with Gasteiger partial charge in [0.2, 0.25) is 0 Å². The number of para-hydroxylation sites is 1. The second kappa shape index (κ2) is 5.96. The summed E-state index contributed by atoms with van der Waals surface area (Å²) in [6.07, 6.45) is 1.83. The molecule has 0 spiro atoms. The maximum atomic E-state index is 4.36. The SMILES string of the molecule is CC(C)c1ccccc1NCc1ccc2ncccc2c1. The minimum Gasteiger partial charge on any atom is -0.381 e. The summed E-state index contributed by atoms with van der Waals surface area (Å²) in [4.78, 5) is 4.36. The molecule has 1 aromatic heterocycles. The predicted octanol–water partition coefficient (Wildman–Crippen LogP) is 4.97. The fourth-order valence-electron chi connectivity index (χ4n) is 2.59. The van der Waals surface area contributed by atoms with Crippen LogP contribution in [0.2, 0.25) is 0 Å². The van der Waals surface area contributed by atoms with Gasteiger partial charge in [0.25, 0.3) is 0 Å². The Bertz CT molecular complexity index is 747. The lowest BCUT2D eigenvalue weighted by molar-refractivity contribution is 0.865. The first-order chi connectivity index (χ1) is 10.2. The molecule has 0 bridgehead atoms. The normalized spacial score (nSPS) is 11.0. The van der Waals surface area contributed by atoms with Gasteiger partial charge in [-0.3, -0.25) is 4.98 Å². The van der Waals surface area contributed by atoms with Crippen LogP contribution in [0.4, 0.5) is 5.69 Å². The maximum absolute atomic E-state index is 4.36. The fourth-order valence-corrected chi connectivity index (χ4v) is 2.59. The van der Waals surface area contributed by atoms with E-state index < -0.39 is 0 Å². The molecule has 3 aromatic rings. The second-order valence-electron chi connectivity index (χ2n) is 5.63. The topological polar surface area (TPSA) is 24.9 Å². The van der Waals surface area contributed by atoms with Gasteiger partial charge in [0, 0.05) is 23.8 Å². The van der Waals surface area contributed by atoms with Crippen LogP contribution in [0.5, 0.6) is 0 Å². The lowest BCUT2D eigenvalue weighted by Gasteiger charge is -2.14. The van der Waals surface area contributed by atoms with Crippen molar-refractivity contribution in [1.82, 2.24) is 4.98 Å². The standard InChI is InChI=1S/C19H20N2/c1-14(2)17-7-3-4-8-19(17)21-13-15-9-10-18-16(12-15)6-5-11-20-18/h3-12,14,21H,13H2,1-2H3. The third-order valence-electron chi connectivity index (χ3n) is 3.73. The van der Waals surface area contributed by atoms with E-state index in [1.165, 1.54) is 22.2 Å². The molecule has 0 fully saturated rings. The van der Waals surface area contributed by atoms with Crippen LogP contribution in [0.3, 0.4) is 0 Å². The average molecular weight is 276 g/mol. The van der Waals surface area contributed by atoms with Gasteiger partial charge in [0.05, 0.1) is 5.52 Å². The molecule has 21 heavy (non-hydrogen) atoms. The summed E-state index contributed by atoms with van der Waals surface area (Å²) in [6, 6.07) is 19.0. The number of fused-ring (bicyclic) bond motifs is 1. The molecule has 0 aliphatic carbocycles. The number of rotatable bonds is 4. The highest BCUT2D eigenvalue weighted by molar-refractivity contribution is 5.79. The number of hydrogen-bond donors (Lipinski definition) is 1. The van der Waals surface area contributed by atoms with Gasteiger partial charge in [0.15, 0.2) is 0 Å². The molecule has 2 nitrogen and oxygen atoms in total. The Balaban J connectivity index is 1.80. The Morgan fingerprint density at radius 2 is 1.86 bits per heavy atom. The summed E-state index contributed by atoms with van der Waals surface area (Å²) in [5.41, 5.74) is 4.90. The van der Waals surface area contributed by atoms with Crippen LogP contribution in [-0.4, -0.2) is 4.98 Å². The van der Waals surface area contributed by atoms with E-state index >= 15 is 0 Å². The Morgan fingerprint density at radius 3 is 2.71 bits per heavy atom. The van der Waals surface area contributed by atoms with Crippen LogP contribution < -0.4 is 5.32 Å². The summed E-state index contributed by atoms with van der Waals surface area (Å²) >= 11 is 0. The first-order valence-corrected chi connectivity index (χ1v) is 7.40. The molecule has 0 saturated carbocycles. The predicted molar refractivity (Wildman–Crippen MR) is 89.6 cm³/mol. The van der Waals surface area contributed by atoms with Crippen LogP contribution in [0.25, 0.3) is 10.9 Å². The first kappa shape index (κ1) is 13.6. The third kappa shape index (κ3) is 3.05. The molecule has 0 atom stereocenters. The van der Waals surface area contributed by atoms with E-state index in [2.05, 4.69) is 72.7 Å². The van der Waals surface area contributed by atoms with Gasteiger partial charge in [-0.15, -0.1) is 0 Å². The van der Waals surface area contributed by atoms with Crippen molar-refractivity contribution in [2.45, 2.75) is 26.3 Å². The Hall–Kier alpha value is -2.35. The fraction of sp³-hybridized carbons (Fsp3) is 0.211. The largest absolute Gasteiger partial charge is 0.381 e. The highest BCUT2D eigenvalue weighted by Crippen LogP contribution is 2.24. The van der Waals surface area contributed by atoms with E-state index in [0.29, 0.717) is 5.92 Å². The zero-order valence-electron chi connectivity index (χ0n) is 12.5. The minimum atomic E-state index is 0.523. The molecule has 0 saturated heterocycles. The minimum absolute atomic E-state index is 0.523. The van der Waals surface area contributed by atoms with Crippen molar-refractivity contribution in [3.8, 4) is 0 Å². The Morgan fingerprint density at radius 1 is 1.00 bits per heavy atom. The molecule has 1 heterocycles. The number of nitrogens with one attached hydrogen (secondary N) is 1. The van der Waals surface area contributed by atoms with Gasteiger partial charge in [0.1, 0.15) is 0 Å². The number of aromatic nitrogens is 1. The van der Waals surface area contributed by atoms with Crippen molar-refractivity contribution in [2.75, 3.05) is 5.32 Å². The Labute approximate surface area is 125 Å². The first-order valence-electron chi connectivity index (χ1n) is 7.40. The van der Waals surface area contributed by atoms with Crippen molar-refractivity contribution in [2.24, 2.45) is 0 Å². The molecular formula is C19H20N2. The van der Waals surface area contributed by atoms with Crippen molar-refractivity contribution < 1.29 is 0 Å². The molecule has 0 unspecified atom stereocenters. The molecule has 0 amide bonds. The molecule has 2 heteroatoms. The molecular weight excluding hydrogens is 256 g/mol. The zero-order chi connectivity index (χ0) is 14.7. The van der Waals surface area contributed by atoms with Crippen LogP contribution in [0.1, 0.15) is 30.9 Å². The van der Waals surface area contributed by atoms with Crippen LogP contribution in [-0.2, 0) is 6.54 Å². The van der Waals surface area contributed by atoms with Crippen molar-refractivity contribution in [3.05, 3.63) is 71.9 Å². The molecule has 2 aromatic carbocycles. The van der Waals surface area contributed by atoms with E-state index in [4.69, 9.17) is 0 Å². The summed E-state index contributed by atoms with van der Waals surface area (Å²) in [7, 11) is 0. The van der Waals surface area contributed by atoms with E-state index in [9.17, 15) is 0 Å². The van der Waals surface area contributed by atoms with Gasteiger partial charge in [-0.2, -0.15) is 0 Å². The smallest absolute Gasteiger partial charge is 0.0702 e. The zero-order valence-corrected chi connectivity index (χ0v) is 12.5. The van der Waals surface area contributed by atoms with Crippen LogP contribution in [0, 0.1) is 0 Å². The van der Waals surface area contributed by atoms with Crippen LogP contribution in [0.15, 0.2) is 60.8 Å². The molecule has 0 radical (unpaired) electrons. The van der Waals surface area contributed by atoms with Gasteiger partial charge in [-0.05, 0) is 41.3 Å². The number of hydrogen-bond acceptors (Lipinski definition) is 2. The average Bonchev–Trinajstić information content (AvgIpc) is 2.53. The number of anilines is 1. The van der Waals surface area contributed by atoms with Crippen molar-refractivity contribution in [1.29, 1.82) is 0 Å². The molecule has 0 aliphatic rings. The Kier molecular flexibility index (Phi) is 3.87. The summed E-state index contributed by atoms with van der Waals surface area (Å²) in [6.45, 7) is 5.28. The van der Waals surface area contributed by atoms with E-state index in [1.807, 2.05) is 12.3 Å². The third-order valence-corrected chi connectivity index (χ3v) is 3.73. The van der Waals surface area contributed by atoms with E-state index in [0.717, 1.165) is 12.1 Å². The molecule has 0 aliphatic heterocycles. The number of nitrogens with zero attached hydrogens (tertiary/aromatic N) is 1. The highest BCUT2D eigenvalue weighted by Gasteiger charge is 2.05. The summed E-state index contributed by atoms with van der Waals surface area (Å²) in [5.74, 6) is 0.523. The maximum Gasteiger partial charge on any atom is 0.0702 e. The van der Waals surface area contributed by atoms with E-state index in [1.54, 1.807) is 0 Å². The van der Waals surface area contributed by atoms with Gasteiger partial charge in [-0.1, -0.05) is 44.2 Å². The highest BCUT2D eigenvalue weighted by atomic mass is 14.9. The van der Waals surface area contributed by atoms with Crippen molar-refractivity contribution >= 4 is 16.6 Å². The lowest BCUT2D eigenvalue weighted by atomic mass is 10.0. The van der Waals surface area contributed by atoms with E-state index in [-0.39, 0.29) is 0 Å². The number of benzene rings is 2. The van der Waals surface area contributed by atoms with Gasteiger partial charge >= 0.3 is 0 Å². The van der Waals surface area contributed by atoms with Crippen molar-refractivity contribution in [3.63, 3.8) is 0 Å². The van der Waals surface area contributed by atoms with Gasteiger partial charge < -0.3 is 5.32 Å². The van der Waals surface area contributed by atoms with Gasteiger partial charge in [-0.25, -0.2) is 0 Å². The molecule has 1 N–H and O–H groups in total. The number of pyridine rings is 1.